The summed E-state index contributed by atoms with van der Waals surface area (Å²) in [7, 11) is 0. The topological polar surface area (TPSA) is 3.24 Å². The van der Waals surface area contributed by atoms with Gasteiger partial charge in [0, 0.05) is 16.8 Å². The Hall–Kier alpha value is -5.66. The van der Waals surface area contributed by atoms with Crippen molar-refractivity contribution in [3.8, 4) is 11.1 Å². The van der Waals surface area contributed by atoms with E-state index in [1.165, 1.54) is 98.1 Å². The van der Waals surface area contributed by atoms with Crippen molar-refractivity contribution in [1.29, 1.82) is 0 Å². The maximum atomic E-state index is 2.45. The maximum Gasteiger partial charge on any atom is 0.0540 e. The van der Waals surface area contributed by atoms with Crippen molar-refractivity contribution < 1.29 is 0 Å². The highest BCUT2D eigenvalue weighted by Crippen LogP contribution is 2.51. The first-order valence-electron chi connectivity index (χ1n) is 17.5. The fourth-order valence-corrected chi connectivity index (χ4v) is 8.57. The molecule has 0 aliphatic rings. The summed E-state index contributed by atoms with van der Waals surface area (Å²) in [5.41, 5.74) is 11.4. The highest BCUT2D eigenvalue weighted by Gasteiger charge is 2.26. The Morgan fingerprint density at radius 3 is 1.69 bits per heavy atom. The van der Waals surface area contributed by atoms with Crippen molar-refractivity contribution in [3.05, 3.63) is 155 Å². The average Bonchev–Trinajstić information content (AvgIpc) is 3.64. The summed E-state index contributed by atoms with van der Waals surface area (Å²) in [4.78, 5) is 2.43. The number of hydrogen-bond donors (Lipinski definition) is 0. The minimum atomic E-state index is 0.993. The maximum absolute atomic E-state index is 2.45. The van der Waals surface area contributed by atoms with E-state index in [9.17, 15) is 0 Å². The molecule has 0 atom stereocenters. The van der Waals surface area contributed by atoms with Crippen LogP contribution in [0.2, 0.25) is 0 Å². The minimum absolute atomic E-state index is 0.993. The number of nitrogens with zero attached hydrogens (tertiary/aromatic N) is 1. The van der Waals surface area contributed by atoms with Crippen LogP contribution in [0.3, 0.4) is 0 Å². The molecule has 9 aromatic rings. The van der Waals surface area contributed by atoms with E-state index in [4.69, 9.17) is 0 Å². The van der Waals surface area contributed by atoms with Gasteiger partial charge in [-0.2, -0.15) is 0 Å². The molecule has 0 fully saturated rings. The van der Waals surface area contributed by atoms with Gasteiger partial charge in [0.15, 0.2) is 0 Å². The van der Waals surface area contributed by atoms with E-state index < -0.39 is 0 Å². The van der Waals surface area contributed by atoms with Crippen LogP contribution >= 0.6 is 0 Å². The fourth-order valence-electron chi connectivity index (χ4n) is 8.57. The molecular formula is C48H39N. The standard InChI is InChI=1S/C48H39N/c1-6-12-37-42-31(4)13-10-17-38(42)47-43(37)32(5)44-40-27-28-41(49(34-23-19-29(2)20-24-34)35-25-21-30(3)22-26-35)36-16-11-18-39(46(36)40)48(44)45(47)33-14-8-7-9-15-33/h7-28H,6H2,1-5H3/b37-12+. The summed E-state index contributed by atoms with van der Waals surface area (Å²) >= 11 is 0. The molecule has 0 radical (unpaired) electrons. The monoisotopic (exact) mass is 629 g/mol. The molecule has 0 saturated carbocycles. The lowest BCUT2D eigenvalue weighted by Gasteiger charge is -2.27. The second-order valence-corrected chi connectivity index (χ2v) is 13.8. The van der Waals surface area contributed by atoms with Crippen LogP contribution in [0.25, 0.3) is 71.1 Å². The van der Waals surface area contributed by atoms with Crippen LogP contribution in [0, 0.1) is 27.7 Å². The van der Waals surface area contributed by atoms with E-state index in [-0.39, 0.29) is 0 Å². The molecule has 0 aliphatic carbocycles. The van der Waals surface area contributed by atoms with Gasteiger partial charge < -0.3 is 4.90 Å². The number of benzene rings is 7. The minimum Gasteiger partial charge on any atom is -0.310 e. The Labute approximate surface area is 288 Å². The van der Waals surface area contributed by atoms with Crippen LogP contribution in [0.5, 0.6) is 0 Å². The Morgan fingerprint density at radius 1 is 0.469 bits per heavy atom. The third-order valence-corrected chi connectivity index (χ3v) is 10.7. The van der Waals surface area contributed by atoms with Crippen molar-refractivity contribution in [2.75, 3.05) is 4.90 Å². The first-order chi connectivity index (χ1) is 24.0. The summed E-state index contributed by atoms with van der Waals surface area (Å²) in [6.07, 6.45) is 3.44. The molecule has 0 unspecified atom stereocenters. The molecule has 49 heavy (non-hydrogen) atoms. The molecule has 0 saturated heterocycles. The van der Waals surface area contributed by atoms with Gasteiger partial charge in [-0.1, -0.05) is 121 Å². The van der Waals surface area contributed by atoms with Gasteiger partial charge in [0.05, 0.1) is 5.69 Å². The van der Waals surface area contributed by atoms with Gasteiger partial charge in [-0.25, -0.2) is 0 Å². The van der Waals surface area contributed by atoms with Gasteiger partial charge in [-0.05, 0) is 140 Å². The fraction of sp³-hybridized carbons (Fsp3) is 0.125. The summed E-state index contributed by atoms with van der Waals surface area (Å²) in [5.74, 6) is 0. The zero-order chi connectivity index (χ0) is 33.4. The van der Waals surface area contributed by atoms with Gasteiger partial charge in [-0.3, -0.25) is 0 Å². The summed E-state index contributed by atoms with van der Waals surface area (Å²) in [6, 6.07) is 47.5. The molecule has 0 aromatic heterocycles. The molecule has 0 amide bonds. The average molecular weight is 630 g/mol. The van der Waals surface area contributed by atoms with Gasteiger partial charge in [0.25, 0.3) is 0 Å². The van der Waals surface area contributed by atoms with Crippen molar-refractivity contribution in [3.63, 3.8) is 0 Å². The predicted octanol–water partition coefficient (Wildman–Crippen LogP) is 13.2. The Morgan fingerprint density at radius 2 is 1.04 bits per heavy atom. The number of hydrogen-bond acceptors (Lipinski definition) is 1. The molecule has 0 N–H and O–H groups in total. The van der Waals surface area contributed by atoms with E-state index in [0.29, 0.717) is 0 Å². The Balaban J connectivity index is 1.48. The van der Waals surface area contributed by atoms with E-state index in [1.54, 1.807) is 0 Å². The predicted molar refractivity (Wildman–Crippen MR) is 214 cm³/mol. The molecule has 9 aromatic carbocycles. The molecule has 236 valence electrons. The molecule has 0 aliphatic heterocycles. The number of anilines is 3. The lowest BCUT2D eigenvalue weighted by molar-refractivity contribution is 1.28. The highest BCUT2D eigenvalue weighted by atomic mass is 15.1. The van der Waals surface area contributed by atoms with Crippen LogP contribution in [-0.4, -0.2) is 0 Å². The molecule has 0 spiro atoms. The van der Waals surface area contributed by atoms with Gasteiger partial charge in [-0.15, -0.1) is 0 Å². The van der Waals surface area contributed by atoms with Crippen molar-refractivity contribution in [2.24, 2.45) is 0 Å². The zero-order valence-electron chi connectivity index (χ0n) is 28.9. The molecule has 0 bridgehead atoms. The SMILES string of the molecule is CC/C=c1\c2c(C)cccc2c2c(-c3ccccc3)c3c4cccc5c(N(c6ccc(C)cc6)c6ccc(C)cc6)ccc(c3c(C)c12)c54. The number of rotatable bonds is 5. The molecule has 0 heterocycles. The third kappa shape index (κ3) is 4.32. The zero-order valence-corrected chi connectivity index (χ0v) is 28.9. The van der Waals surface area contributed by atoms with Crippen LogP contribution in [-0.2, 0) is 0 Å². The molecular weight excluding hydrogens is 591 g/mol. The largest absolute Gasteiger partial charge is 0.310 e. The summed E-state index contributed by atoms with van der Waals surface area (Å²) in [6.45, 7) is 11.2. The molecule has 1 heteroatoms. The van der Waals surface area contributed by atoms with Crippen LogP contribution in [0.1, 0.15) is 35.6 Å². The lowest BCUT2D eigenvalue weighted by Crippen LogP contribution is -2.10. The smallest absolute Gasteiger partial charge is 0.0540 e. The van der Waals surface area contributed by atoms with Gasteiger partial charge in [0.1, 0.15) is 0 Å². The van der Waals surface area contributed by atoms with Gasteiger partial charge >= 0.3 is 0 Å². The second kappa shape index (κ2) is 11.2. The quantitative estimate of drug-likeness (QED) is 0.183. The van der Waals surface area contributed by atoms with Crippen molar-refractivity contribution in [2.45, 2.75) is 41.0 Å². The summed E-state index contributed by atoms with van der Waals surface area (Å²) in [5, 5.41) is 14.9. The molecule has 1 nitrogen and oxygen atoms in total. The number of fused-ring (bicyclic) bond motifs is 6. The number of aryl methyl sites for hydroxylation is 4. The van der Waals surface area contributed by atoms with E-state index in [2.05, 4.69) is 173 Å². The van der Waals surface area contributed by atoms with E-state index in [1.807, 2.05) is 0 Å². The van der Waals surface area contributed by atoms with Crippen LogP contribution in [0.15, 0.2) is 127 Å². The van der Waals surface area contributed by atoms with Crippen molar-refractivity contribution >= 4 is 77.0 Å². The molecule has 9 rings (SSSR count). The third-order valence-electron chi connectivity index (χ3n) is 10.7. The normalized spacial score (nSPS) is 12.4. The van der Waals surface area contributed by atoms with Crippen LogP contribution in [0.4, 0.5) is 17.1 Å². The van der Waals surface area contributed by atoms with E-state index in [0.717, 1.165) is 17.8 Å². The Bertz CT molecular complexity index is 2710. The van der Waals surface area contributed by atoms with E-state index >= 15 is 0 Å². The first kappa shape index (κ1) is 29.5. The Kier molecular flexibility index (Phi) is 6.74. The first-order valence-corrected chi connectivity index (χ1v) is 17.5. The van der Waals surface area contributed by atoms with Crippen LogP contribution < -0.4 is 10.1 Å². The highest BCUT2D eigenvalue weighted by molar-refractivity contribution is 6.40. The lowest BCUT2D eigenvalue weighted by atomic mass is 9.90. The summed E-state index contributed by atoms with van der Waals surface area (Å²) < 4.78 is 0. The second-order valence-electron chi connectivity index (χ2n) is 13.8. The van der Waals surface area contributed by atoms with Gasteiger partial charge in [0.2, 0.25) is 0 Å². The van der Waals surface area contributed by atoms with Crippen molar-refractivity contribution in [1.82, 2.24) is 0 Å².